The van der Waals surface area contributed by atoms with Crippen LogP contribution >= 0.6 is 11.6 Å². The van der Waals surface area contributed by atoms with E-state index in [4.69, 9.17) is 11.6 Å². The van der Waals surface area contributed by atoms with Crippen LogP contribution in [-0.2, 0) is 17.9 Å². The van der Waals surface area contributed by atoms with Gasteiger partial charge in [0.15, 0.2) is 5.82 Å². The summed E-state index contributed by atoms with van der Waals surface area (Å²) in [7, 11) is 0. The van der Waals surface area contributed by atoms with Crippen molar-refractivity contribution in [2.75, 3.05) is 36.0 Å². The standard InChI is InChI=1S/C22H22ClN7O/c1-15(31)27-9-16-8-17(23)5-6-18(16)30-20(10-27)25-26-21(30)29-13-22(14-29)11-28(12-22)19-4-2-3-7-24-19/h2-8H,9-14H2,1H3. The number of halogens is 1. The second-order valence-corrected chi connectivity index (χ2v) is 9.24. The highest BCUT2D eigenvalue weighted by molar-refractivity contribution is 6.30. The van der Waals surface area contributed by atoms with E-state index in [9.17, 15) is 4.79 Å². The summed E-state index contributed by atoms with van der Waals surface area (Å²) in [5.41, 5.74) is 2.28. The number of rotatable bonds is 2. The lowest BCUT2D eigenvalue weighted by molar-refractivity contribution is -0.130. The number of pyridine rings is 1. The maximum atomic E-state index is 12.2. The van der Waals surface area contributed by atoms with Crippen LogP contribution in [0.3, 0.4) is 0 Å². The van der Waals surface area contributed by atoms with E-state index >= 15 is 0 Å². The largest absolute Gasteiger partial charge is 0.355 e. The highest BCUT2D eigenvalue weighted by Crippen LogP contribution is 2.43. The van der Waals surface area contributed by atoms with Gasteiger partial charge in [0.25, 0.3) is 0 Å². The first kappa shape index (κ1) is 18.6. The zero-order valence-electron chi connectivity index (χ0n) is 17.2. The second kappa shape index (κ2) is 6.68. The Morgan fingerprint density at radius 1 is 1.03 bits per heavy atom. The molecule has 1 spiro atoms. The molecule has 8 nitrogen and oxygen atoms in total. The van der Waals surface area contributed by atoms with Crippen LogP contribution in [0.15, 0.2) is 42.6 Å². The molecule has 0 atom stereocenters. The summed E-state index contributed by atoms with van der Waals surface area (Å²) in [5, 5.41) is 9.63. The molecule has 0 N–H and O–H groups in total. The number of amides is 1. The van der Waals surface area contributed by atoms with Gasteiger partial charge in [-0.1, -0.05) is 17.7 Å². The van der Waals surface area contributed by atoms with Crippen molar-refractivity contribution < 1.29 is 4.79 Å². The number of hydrogen-bond acceptors (Lipinski definition) is 6. The van der Waals surface area contributed by atoms with Crippen LogP contribution in [0.25, 0.3) is 5.69 Å². The van der Waals surface area contributed by atoms with Crippen molar-refractivity contribution in [2.45, 2.75) is 20.0 Å². The molecule has 5 heterocycles. The van der Waals surface area contributed by atoms with E-state index in [1.165, 1.54) is 0 Å². The van der Waals surface area contributed by atoms with Crippen molar-refractivity contribution in [3.8, 4) is 5.69 Å². The van der Waals surface area contributed by atoms with Gasteiger partial charge in [-0.3, -0.25) is 9.36 Å². The molecule has 2 aromatic heterocycles. The number of aromatic nitrogens is 4. The van der Waals surface area contributed by atoms with Crippen molar-refractivity contribution >= 4 is 29.3 Å². The molecule has 3 aromatic rings. The van der Waals surface area contributed by atoms with Gasteiger partial charge in [0.05, 0.1) is 12.2 Å². The van der Waals surface area contributed by atoms with E-state index in [0.29, 0.717) is 18.1 Å². The van der Waals surface area contributed by atoms with Gasteiger partial charge >= 0.3 is 0 Å². The van der Waals surface area contributed by atoms with Gasteiger partial charge in [-0.2, -0.15) is 0 Å². The number of nitrogens with zero attached hydrogens (tertiary/aromatic N) is 7. The number of anilines is 2. The first-order chi connectivity index (χ1) is 15.0. The van der Waals surface area contributed by atoms with Crippen molar-refractivity contribution in [2.24, 2.45) is 5.41 Å². The minimum absolute atomic E-state index is 0.0101. The highest BCUT2D eigenvalue weighted by atomic mass is 35.5. The van der Waals surface area contributed by atoms with Crippen LogP contribution in [0.5, 0.6) is 0 Å². The Labute approximate surface area is 185 Å². The smallest absolute Gasteiger partial charge is 0.232 e. The van der Waals surface area contributed by atoms with Gasteiger partial charge in [0.2, 0.25) is 11.9 Å². The van der Waals surface area contributed by atoms with Crippen LogP contribution in [0, 0.1) is 5.41 Å². The zero-order valence-corrected chi connectivity index (χ0v) is 18.0. The highest BCUT2D eigenvalue weighted by Gasteiger charge is 2.53. The predicted octanol–water partition coefficient (Wildman–Crippen LogP) is 2.50. The molecule has 0 saturated carbocycles. The molecule has 3 aliphatic rings. The number of benzene rings is 1. The molecule has 1 amide bonds. The number of fused-ring (bicyclic) bond motifs is 3. The molecule has 0 bridgehead atoms. The average molecular weight is 436 g/mol. The van der Waals surface area contributed by atoms with Crippen molar-refractivity contribution in [3.63, 3.8) is 0 Å². The van der Waals surface area contributed by atoms with Gasteiger partial charge < -0.3 is 14.7 Å². The summed E-state index contributed by atoms with van der Waals surface area (Å²) in [5.74, 6) is 2.66. The summed E-state index contributed by atoms with van der Waals surface area (Å²) >= 11 is 6.26. The SMILES string of the molecule is CC(=O)N1Cc2cc(Cl)ccc2-n2c(nnc2N2CC3(CN(c4ccccn4)C3)C2)C1. The lowest BCUT2D eigenvalue weighted by Crippen LogP contribution is -2.73. The monoisotopic (exact) mass is 435 g/mol. The normalized spacial score (nSPS) is 18.7. The zero-order chi connectivity index (χ0) is 21.2. The quantitative estimate of drug-likeness (QED) is 0.616. The average Bonchev–Trinajstić information content (AvgIpc) is 3.02. The first-order valence-electron chi connectivity index (χ1n) is 10.4. The predicted molar refractivity (Wildman–Crippen MR) is 117 cm³/mol. The van der Waals surface area contributed by atoms with Gasteiger partial charge in [0.1, 0.15) is 5.82 Å². The lowest BCUT2D eigenvalue weighted by Gasteiger charge is -2.60. The maximum Gasteiger partial charge on any atom is 0.232 e. The Balaban J connectivity index is 1.27. The van der Waals surface area contributed by atoms with Gasteiger partial charge in [-0.25, -0.2) is 4.98 Å². The molecular weight excluding hydrogens is 414 g/mol. The topological polar surface area (TPSA) is 70.4 Å². The van der Waals surface area contributed by atoms with E-state index in [0.717, 1.165) is 55.0 Å². The summed E-state index contributed by atoms with van der Waals surface area (Å²) in [6.45, 7) is 6.41. The van der Waals surface area contributed by atoms with Gasteiger partial charge in [-0.15, -0.1) is 10.2 Å². The number of carbonyl (C=O) groups is 1. The van der Waals surface area contributed by atoms with Crippen molar-refractivity contribution in [1.82, 2.24) is 24.6 Å². The minimum Gasteiger partial charge on any atom is -0.355 e. The number of hydrogen-bond donors (Lipinski definition) is 0. The fourth-order valence-electron chi connectivity index (χ4n) is 4.99. The molecule has 0 unspecified atom stereocenters. The molecule has 0 aliphatic carbocycles. The van der Waals surface area contributed by atoms with Crippen LogP contribution in [0.2, 0.25) is 5.02 Å². The van der Waals surface area contributed by atoms with Crippen LogP contribution in [0.4, 0.5) is 11.8 Å². The molecule has 9 heteroatoms. The third-order valence-corrected chi connectivity index (χ3v) is 6.73. The van der Waals surface area contributed by atoms with Gasteiger partial charge in [0, 0.05) is 56.3 Å². The van der Waals surface area contributed by atoms with Crippen LogP contribution in [-0.4, -0.2) is 56.7 Å². The molecule has 31 heavy (non-hydrogen) atoms. The molecular formula is C22H22ClN7O. The Morgan fingerprint density at radius 3 is 2.58 bits per heavy atom. The second-order valence-electron chi connectivity index (χ2n) is 8.80. The van der Waals surface area contributed by atoms with Crippen LogP contribution in [0.1, 0.15) is 18.3 Å². The third-order valence-electron chi connectivity index (χ3n) is 6.50. The van der Waals surface area contributed by atoms with E-state index in [1.54, 1.807) is 11.8 Å². The Bertz CT molecular complexity index is 1160. The number of carbonyl (C=O) groups excluding carboxylic acids is 1. The molecule has 6 rings (SSSR count). The van der Waals surface area contributed by atoms with E-state index in [2.05, 4.69) is 35.6 Å². The first-order valence-corrected chi connectivity index (χ1v) is 10.8. The minimum atomic E-state index is 0.0101. The maximum absolute atomic E-state index is 12.2. The molecule has 2 saturated heterocycles. The summed E-state index contributed by atoms with van der Waals surface area (Å²) in [6, 6.07) is 11.8. The van der Waals surface area contributed by atoms with Crippen molar-refractivity contribution in [3.05, 3.63) is 59.0 Å². The Morgan fingerprint density at radius 2 is 1.84 bits per heavy atom. The fourth-order valence-corrected chi connectivity index (χ4v) is 5.18. The van der Waals surface area contributed by atoms with Crippen molar-refractivity contribution in [1.29, 1.82) is 0 Å². The van der Waals surface area contributed by atoms with E-state index in [1.807, 2.05) is 36.5 Å². The molecule has 0 radical (unpaired) electrons. The summed E-state index contributed by atoms with van der Waals surface area (Å²) in [4.78, 5) is 23.0. The lowest BCUT2D eigenvalue weighted by atomic mass is 9.73. The molecule has 3 aliphatic heterocycles. The summed E-state index contributed by atoms with van der Waals surface area (Å²) < 4.78 is 2.09. The van der Waals surface area contributed by atoms with E-state index < -0.39 is 0 Å². The molecule has 1 aromatic carbocycles. The Hall–Kier alpha value is -3.13. The molecule has 158 valence electrons. The molecule has 2 fully saturated rings. The summed E-state index contributed by atoms with van der Waals surface area (Å²) in [6.07, 6.45) is 1.84. The Kier molecular flexibility index (Phi) is 4.02. The van der Waals surface area contributed by atoms with Crippen LogP contribution < -0.4 is 9.80 Å². The third kappa shape index (κ3) is 2.96. The van der Waals surface area contributed by atoms with E-state index in [-0.39, 0.29) is 11.3 Å². The van der Waals surface area contributed by atoms with Gasteiger partial charge in [-0.05, 0) is 35.9 Å². The fraction of sp³-hybridized carbons (Fsp3) is 0.364.